The summed E-state index contributed by atoms with van der Waals surface area (Å²) in [5.41, 5.74) is 1.07. The van der Waals surface area contributed by atoms with Gasteiger partial charge in [-0.05, 0) is 31.5 Å². The van der Waals surface area contributed by atoms with Gasteiger partial charge in [0.05, 0.1) is 0 Å². The van der Waals surface area contributed by atoms with Crippen LogP contribution in [0.5, 0.6) is 0 Å². The zero-order valence-electron chi connectivity index (χ0n) is 9.98. The van der Waals surface area contributed by atoms with Crippen molar-refractivity contribution in [1.82, 2.24) is 10.3 Å². The highest BCUT2D eigenvalue weighted by Crippen LogP contribution is 2.15. The van der Waals surface area contributed by atoms with Crippen LogP contribution in [0.4, 0.5) is 5.82 Å². The second-order valence-electron chi connectivity index (χ2n) is 4.53. The Bertz CT molecular complexity index is 348. The molecule has 2 unspecified atom stereocenters. The van der Waals surface area contributed by atoms with Gasteiger partial charge in [0.25, 0.3) is 0 Å². The molecule has 0 saturated carbocycles. The maximum absolute atomic E-state index is 4.47. The first-order chi connectivity index (χ1) is 7.69. The molecule has 1 aromatic heterocycles. The van der Waals surface area contributed by atoms with Crippen molar-refractivity contribution >= 4 is 11.9 Å². The van der Waals surface area contributed by atoms with Crippen molar-refractivity contribution in [3.63, 3.8) is 0 Å². The van der Waals surface area contributed by atoms with E-state index in [1.807, 2.05) is 12.3 Å². The number of nitrogens with zero attached hydrogens (tertiary/aromatic N) is 2. The fourth-order valence-electron chi connectivity index (χ4n) is 2.22. The molecule has 0 bridgehead atoms. The molecule has 16 heavy (non-hydrogen) atoms. The van der Waals surface area contributed by atoms with E-state index in [-0.39, 0.29) is 0 Å². The van der Waals surface area contributed by atoms with Crippen LogP contribution in [0.25, 0.3) is 6.08 Å². The number of hydrogen-bond donors (Lipinski definition) is 1. The number of rotatable bonds is 2. The summed E-state index contributed by atoms with van der Waals surface area (Å²) < 4.78 is 0. The first kappa shape index (κ1) is 11.1. The van der Waals surface area contributed by atoms with Gasteiger partial charge >= 0.3 is 0 Å². The molecule has 0 radical (unpaired) electrons. The molecule has 0 spiro atoms. The van der Waals surface area contributed by atoms with Crippen molar-refractivity contribution in [2.75, 3.05) is 18.0 Å². The van der Waals surface area contributed by atoms with E-state index in [1.54, 1.807) is 0 Å². The van der Waals surface area contributed by atoms with E-state index in [9.17, 15) is 0 Å². The predicted molar refractivity (Wildman–Crippen MR) is 68.6 cm³/mol. The van der Waals surface area contributed by atoms with E-state index in [0.717, 1.165) is 24.5 Å². The number of hydrogen-bond acceptors (Lipinski definition) is 3. The van der Waals surface area contributed by atoms with Gasteiger partial charge in [0.1, 0.15) is 5.82 Å². The van der Waals surface area contributed by atoms with Gasteiger partial charge in [-0.1, -0.05) is 12.7 Å². The lowest BCUT2D eigenvalue weighted by molar-refractivity contribution is 0.405. The standard InChI is InChI=1S/C13H19N3/c1-4-12-5-6-13(14-7-12)16-8-10(2)15-11(3)9-16/h4-7,10-11,15H,1,8-9H2,2-3H3. The van der Waals surface area contributed by atoms with Crippen molar-refractivity contribution in [2.45, 2.75) is 25.9 Å². The average Bonchev–Trinajstić information content (AvgIpc) is 2.28. The van der Waals surface area contributed by atoms with Crippen LogP contribution in [0, 0.1) is 0 Å². The van der Waals surface area contributed by atoms with Gasteiger partial charge in [0.2, 0.25) is 0 Å². The van der Waals surface area contributed by atoms with E-state index in [1.165, 1.54) is 0 Å². The Hall–Kier alpha value is -1.35. The Kier molecular flexibility index (Phi) is 3.25. The van der Waals surface area contributed by atoms with Gasteiger partial charge in [-0.2, -0.15) is 0 Å². The summed E-state index contributed by atoms with van der Waals surface area (Å²) in [4.78, 5) is 6.80. The summed E-state index contributed by atoms with van der Waals surface area (Å²) in [5.74, 6) is 1.06. The van der Waals surface area contributed by atoms with E-state index in [0.29, 0.717) is 12.1 Å². The molecule has 2 rings (SSSR count). The molecule has 0 aromatic carbocycles. The monoisotopic (exact) mass is 217 g/mol. The summed E-state index contributed by atoms with van der Waals surface area (Å²) in [7, 11) is 0. The molecule has 86 valence electrons. The molecular formula is C13H19N3. The summed E-state index contributed by atoms with van der Waals surface area (Å²) in [6.45, 7) is 10.2. The molecular weight excluding hydrogens is 198 g/mol. The maximum Gasteiger partial charge on any atom is 0.128 e. The fraction of sp³-hybridized carbons (Fsp3) is 0.462. The predicted octanol–water partition coefficient (Wildman–Crippen LogP) is 1.91. The van der Waals surface area contributed by atoms with Crippen LogP contribution in [-0.4, -0.2) is 30.2 Å². The van der Waals surface area contributed by atoms with E-state index in [4.69, 9.17) is 0 Å². The number of aromatic nitrogens is 1. The smallest absolute Gasteiger partial charge is 0.128 e. The van der Waals surface area contributed by atoms with Gasteiger partial charge in [0.15, 0.2) is 0 Å². The summed E-state index contributed by atoms with van der Waals surface area (Å²) in [5, 5.41) is 3.52. The first-order valence-corrected chi connectivity index (χ1v) is 5.78. The highest BCUT2D eigenvalue weighted by molar-refractivity contribution is 5.49. The lowest BCUT2D eigenvalue weighted by Gasteiger charge is -2.36. The van der Waals surface area contributed by atoms with Crippen LogP contribution in [0.15, 0.2) is 24.9 Å². The minimum atomic E-state index is 0.518. The Labute approximate surface area is 97.2 Å². The van der Waals surface area contributed by atoms with Crippen LogP contribution in [-0.2, 0) is 0 Å². The Balaban J connectivity index is 2.13. The molecule has 0 aliphatic carbocycles. The van der Waals surface area contributed by atoms with E-state index < -0.39 is 0 Å². The third-order valence-corrected chi connectivity index (χ3v) is 2.89. The van der Waals surface area contributed by atoms with Crippen LogP contribution in [0.2, 0.25) is 0 Å². The second-order valence-corrected chi connectivity index (χ2v) is 4.53. The van der Waals surface area contributed by atoms with Gasteiger partial charge in [0, 0.05) is 31.4 Å². The van der Waals surface area contributed by atoms with Crippen molar-refractivity contribution in [1.29, 1.82) is 0 Å². The second kappa shape index (κ2) is 4.66. The van der Waals surface area contributed by atoms with Gasteiger partial charge in [-0.25, -0.2) is 4.98 Å². The Morgan fingerprint density at radius 3 is 2.56 bits per heavy atom. The molecule has 2 heterocycles. The third kappa shape index (κ3) is 2.42. The number of anilines is 1. The number of nitrogens with one attached hydrogen (secondary N) is 1. The van der Waals surface area contributed by atoms with E-state index >= 15 is 0 Å². The SMILES string of the molecule is C=Cc1ccc(N2CC(C)NC(C)C2)nc1. The summed E-state index contributed by atoms with van der Waals surface area (Å²) >= 11 is 0. The van der Waals surface area contributed by atoms with E-state index in [2.05, 4.69) is 47.8 Å². The van der Waals surface area contributed by atoms with Crippen molar-refractivity contribution in [3.05, 3.63) is 30.5 Å². The summed E-state index contributed by atoms with van der Waals surface area (Å²) in [6, 6.07) is 5.17. The normalized spacial score (nSPS) is 25.5. The maximum atomic E-state index is 4.47. The van der Waals surface area contributed by atoms with Gasteiger partial charge in [-0.3, -0.25) is 0 Å². The van der Waals surface area contributed by atoms with Crippen LogP contribution >= 0.6 is 0 Å². The van der Waals surface area contributed by atoms with Crippen LogP contribution < -0.4 is 10.2 Å². The third-order valence-electron chi connectivity index (χ3n) is 2.89. The Morgan fingerprint density at radius 2 is 2.06 bits per heavy atom. The minimum absolute atomic E-state index is 0.518. The quantitative estimate of drug-likeness (QED) is 0.820. The lowest BCUT2D eigenvalue weighted by Crippen LogP contribution is -2.54. The molecule has 2 atom stereocenters. The molecule has 1 aliphatic heterocycles. The number of piperazine rings is 1. The first-order valence-electron chi connectivity index (χ1n) is 5.78. The Morgan fingerprint density at radius 1 is 1.38 bits per heavy atom. The number of pyridine rings is 1. The lowest BCUT2D eigenvalue weighted by atomic mass is 10.1. The molecule has 1 fully saturated rings. The van der Waals surface area contributed by atoms with Gasteiger partial charge in [-0.15, -0.1) is 0 Å². The average molecular weight is 217 g/mol. The highest BCUT2D eigenvalue weighted by Gasteiger charge is 2.21. The largest absolute Gasteiger partial charge is 0.354 e. The van der Waals surface area contributed by atoms with Crippen LogP contribution in [0.3, 0.4) is 0 Å². The highest BCUT2D eigenvalue weighted by atomic mass is 15.2. The van der Waals surface area contributed by atoms with Crippen LogP contribution in [0.1, 0.15) is 19.4 Å². The molecule has 1 aromatic rings. The molecule has 1 saturated heterocycles. The van der Waals surface area contributed by atoms with Crippen molar-refractivity contribution in [2.24, 2.45) is 0 Å². The van der Waals surface area contributed by atoms with Gasteiger partial charge < -0.3 is 10.2 Å². The minimum Gasteiger partial charge on any atom is -0.354 e. The van der Waals surface area contributed by atoms with Crippen molar-refractivity contribution < 1.29 is 0 Å². The topological polar surface area (TPSA) is 28.2 Å². The molecule has 3 heteroatoms. The molecule has 3 nitrogen and oxygen atoms in total. The summed E-state index contributed by atoms with van der Waals surface area (Å²) in [6.07, 6.45) is 3.69. The van der Waals surface area contributed by atoms with Crippen molar-refractivity contribution in [3.8, 4) is 0 Å². The zero-order valence-corrected chi connectivity index (χ0v) is 9.98. The molecule has 0 amide bonds. The zero-order chi connectivity index (χ0) is 11.5. The fourth-order valence-corrected chi connectivity index (χ4v) is 2.22. The molecule has 1 aliphatic rings. The molecule has 1 N–H and O–H groups in total.